The summed E-state index contributed by atoms with van der Waals surface area (Å²) in [6, 6.07) is 0. The van der Waals surface area contributed by atoms with Gasteiger partial charge in [0.15, 0.2) is 0 Å². The molecule has 0 saturated heterocycles. The second-order valence-electron chi connectivity index (χ2n) is 4.74. The van der Waals surface area contributed by atoms with E-state index in [1.54, 1.807) is 11.6 Å². The quantitative estimate of drug-likeness (QED) is 0.768. The smallest absolute Gasteiger partial charge is 0.329 e. The van der Waals surface area contributed by atoms with Crippen molar-refractivity contribution in [1.29, 1.82) is 0 Å². The summed E-state index contributed by atoms with van der Waals surface area (Å²) in [6.07, 6.45) is -1.72. The van der Waals surface area contributed by atoms with Crippen LogP contribution in [0, 0.1) is 0 Å². The summed E-state index contributed by atoms with van der Waals surface area (Å²) in [7, 11) is -4.18. The van der Waals surface area contributed by atoms with Gasteiger partial charge in [0.2, 0.25) is 0 Å². The average Bonchev–Trinajstić information content (AvgIpc) is 2.76. The Hall–Kier alpha value is -0.380. The van der Waals surface area contributed by atoms with Gasteiger partial charge in [-0.1, -0.05) is 19.8 Å². The maximum Gasteiger partial charge on any atom is 0.402 e. The summed E-state index contributed by atoms with van der Waals surface area (Å²) in [4.78, 5) is 0. The number of halogens is 3. The maximum absolute atomic E-state index is 12.1. The SMILES string of the molecule is CCN(C1(CN)CCCC1)S(=O)(=O)NCC(F)(F)F. The standard InChI is InChI=1S/C10H20F3N3O2S/c1-2-16(9(7-14)5-3-4-6-9)19(17,18)15-8-10(11,12)13/h15H,2-8,14H2,1H3. The van der Waals surface area contributed by atoms with Gasteiger partial charge in [-0.05, 0) is 12.8 Å². The molecule has 0 heterocycles. The molecule has 1 fully saturated rings. The Morgan fingerprint density at radius 1 is 1.32 bits per heavy atom. The Morgan fingerprint density at radius 3 is 2.21 bits per heavy atom. The topological polar surface area (TPSA) is 75.4 Å². The lowest BCUT2D eigenvalue weighted by molar-refractivity contribution is -0.121. The van der Waals surface area contributed by atoms with Gasteiger partial charge < -0.3 is 5.73 Å². The lowest BCUT2D eigenvalue weighted by Crippen LogP contribution is -2.58. The van der Waals surface area contributed by atoms with Crippen LogP contribution in [0.5, 0.6) is 0 Å². The van der Waals surface area contributed by atoms with Gasteiger partial charge in [-0.25, -0.2) is 0 Å². The zero-order valence-corrected chi connectivity index (χ0v) is 11.6. The van der Waals surface area contributed by atoms with E-state index in [0.717, 1.165) is 17.1 Å². The molecule has 1 rings (SSSR count). The zero-order valence-electron chi connectivity index (χ0n) is 10.8. The number of likely N-dealkylation sites (N-methyl/N-ethyl adjacent to an activating group) is 1. The molecule has 0 unspecified atom stereocenters. The second-order valence-corrected chi connectivity index (χ2v) is 6.42. The van der Waals surface area contributed by atoms with Gasteiger partial charge in [0.1, 0.15) is 6.54 Å². The highest BCUT2D eigenvalue weighted by atomic mass is 32.2. The fraction of sp³-hybridized carbons (Fsp3) is 1.00. The molecule has 0 bridgehead atoms. The molecule has 0 atom stereocenters. The molecule has 0 radical (unpaired) electrons. The largest absolute Gasteiger partial charge is 0.402 e. The van der Waals surface area contributed by atoms with Crippen LogP contribution in [0.1, 0.15) is 32.6 Å². The highest BCUT2D eigenvalue weighted by Crippen LogP contribution is 2.35. The van der Waals surface area contributed by atoms with E-state index in [4.69, 9.17) is 5.73 Å². The third-order valence-electron chi connectivity index (χ3n) is 3.48. The van der Waals surface area contributed by atoms with E-state index < -0.39 is 28.5 Å². The maximum atomic E-state index is 12.1. The van der Waals surface area contributed by atoms with E-state index in [-0.39, 0.29) is 13.1 Å². The molecule has 19 heavy (non-hydrogen) atoms. The Balaban J connectivity index is 2.89. The Morgan fingerprint density at radius 2 is 1.84 bits per heavy atom. The lowest BCUT2D eigenvalue weighted by Gasteiger charge is -2.38. The first-order valence-corrected chi connectivity index (χ1v) is 7.65. The first kappa shape index (κ1) is 16.7. The van der Waals surface area contributed by atoms with E-state index in [0.29, 0.717) is 12.8 Å². The first-order valence-electron chi connectivity index (χ1n) is 6.21. The van der Waals surface area contributed by atoms with Crippen molar-refractivity contribution in [2.24, 2.45) is 5.73 Å². The van der Waals surface area contributed by atoms with Crippen LogP contribution in [0.4, 0.5) is 13.2 Å². The minimum Gasteiger partial charge on any atom is -0.329 e. The van der Waals surface area contributed by atoms with Crippen molar-refractivity contribution >= 4 is 10.2 Å². The van der Waals surface area contributed by atoms with Crippen molar-refractivity contribution in [1.82, 2.24) is 9.03 Å². The van der Waals surface area contributed by atoms with Crippen molar-refractivity contribution in [2.75, 3.05) is 19.6 Å². The minimum atomic E-state index is -4.57. The van der Waals surface area contributed by atoms with Gasteiger partial charge in [0.05, 0.1) is 0 Å². The fourth-order valence-corrected chi connectivity index (χ4v) is 4.21. The van der Waals surface area contributed by atoms with E-state index in [1.807, 2.05) is 0 Å². The summed E-state index contributed by atoms with van der Waals surface area (Å²) >= 11 is 0. The van der Waals surface area contributed by atoms with Gasteiger partial charge in [-0.15, -0.1) is 0 Å². The number of rotatable bonds is 6. The minimum absolute atomic E-state index is 0.102. The number of alkyl halides is 3. The molecule has 114 valence electrons. The van der Waals surface area contributed by atoms with E-state index in [2.05, 4.69) is 0 Å². The molecule has 0 aromatic carbocycles. The molecule has 3 N–H and O–H groups in total. The highest BCUT2D eigenvalue weighted by molar-refractivity contribution is 7.87. The van der Waals surface area contributed by atoms with E-state index in [9.17, 15) is 21.6 Å². The van der Waals surface area contributed by atoms with Crippen molar-refractivity contribution in [3.05, 3.63) is 0 Å². The van der Waals surface area contributed by atoms with Gasteiger partial charge in [0, 0.05) is 18.6 Å². The number of nitrogens with one attached hydrogen (secondary N) is 1. The zero-order chi connectivity index (χ0) is 14.7. The molecule has 0 aromatic heterocycles. The molecule has 9 heteroatoms. The summed E-state index contributed by atoms with van der Waals surface area (Å²) in [5.74, 6) is 0. The molecule has 0 aromatic rings. The third kappa shape index (κ3) is 4.04. The van der Waals surface area contributed by atoms with Crippen LogP contribution in [0.15, 0.2) is 0 Å². The molecule has 5 nitrogen and oxygen atoms in total. The van der Waals surface area contributed by atoms with Crippen LogP contribution >= 0.6 is 0 Å². The Labute approximate surface area is 111 Å². The van der Waals surface area contributed by atoms with Crippen LogP contribution in [-0.4, -0.2) is 44.1 Å². The van der Waals surface area contributed by atoms with Gasteiger partial charge >= 0.3 is 6.18 Å². The Kier molecular flexibility index (Phi) is 5.21. The highest BCUT2D eigenvalue weighted by Gasteiger charge is 2.44. The van der Waals surface area contributed by atoms with Crippen LogP contribution in [-0.2, 0) is 10.2 Å². The van der Waals surface area contributed by atoms with Crippen molar-refractivity contribution in [3.63, 3.8) is 0 Å². The lowest BCUT2D eigenvalue weighted by atomic mass is 9.98. The predicted octanol–water partition coefficient (Wildman–Crippen LogP) is 0.976. The monoisotopic (exact) mass is 303 g/mol. The molecule has 1 aliphatic rings. The second kappa shape index (κ2) is 5.94. The van der Waals surface area contributed by atoms with Crippen LogP contribution in [0.25, 0.3) is 0 Å². The van der Waals surface area contributed by atoms with Gasteiger partial charge in [-0.2, -0.15) is 30.6 Å². The van der Waals surface area contributed by atoms with E-state index in [1.165, 1.54) is 0 Å². The molecule has 1 aliphatic carbocycles. The third-order valence-corrected chi connectivity index (χ3v) is 5.21. The van der Waals surface area contributed by atoms with E-state index >= 15 is 0 Å². The summed E-state index contributed by atoms with van der Waals surface area (Å²) in [6.45, 7) is 0.257. The van der Waals surface area contributed by atoms with Crippen molar-refractivity contribution in [2.45, 2.75) is 44.3 Å². The molecule has 1 saturated carbocycles. The molecular formula is C10H20F3N3O2S. The Bertz CT molecular complexity index is 391. The normalized spacial score (nSPS) is 20.1. The van der Waals surface area contributed by atoms with Crippen LogP contribution < -0.4 is 10.5 Å². The van der Waals surface area contributed by atoms with Crippen LogP contribution in [0.2, 0.25) is 0 Å². The average molecular weight is 303 g/mol. The van der Waals surface area contributed by atoms with Crippen molar-refractivity contribution < 1.29 is 21.6 Å². The van der Waals surface area contributed by atoms with Gasteiger partial charge in [0.25, 0.3) is 10.2 Å². The summed E-state index contributed by atoms with van der Waals surface area (Å²) in [5, 5.41) is 0. The number of nitrogens with zero attached hydrogens (tertiary/aromatic N) is 1. The molecular weight excluding hydrogens is 283 g/mol. The molecule has 0 amide bonds. The number of hydrogen-bond acceptors (Lipinski definition) is 3. The summed E-state index contributed by atoms with van der Waals surface area (Å²) < 4.78 is 63.1. The predicted molar refractivity (Wildman–Crippen MR) is 65.6 cm³/mol. The molecule has 0 spiro atoms. The first-order chi connectivity index (χ1) is 8.67. The number of nitrogens with two attached hydrogens (primary N) is 1. The van der Waals surface area contributed by atoms with Gasteiger partial charge in [-0.3, -0.25) is 0 Å². The van der Waals surface area contributed by atoms with Crippen LogP contribution in [0.3, 0.4) is 0 Å². The van der Waals surface area contributed by atoms with Crippen molar-refractivity contribution in [3.8, 4) is 0 Å². The number of hydrogen-bond donors (Lipinski definition) is 2. The summed E-state index contributed by atoms with van der Waals surface area (Å²) in [5.41, 5.74) is 4.92. The fourth-order valence-electron chi connectivity index (χ4n) is 2.60. The molecule has 0 aliphatic heterocycles.